The Morgan fingerprint density at radius 1 is 1.08 bits per heavy atom. The van der Waals surface area contributed by atoms with Crippen molar-refractivity contribution >= 4 is 0 Å². The average Bonchev–Trinajstić information content (AvgIpc) is 2.16. The van der Waals surface area contributed by atoms with Gasteiger partial charge in [0.15, 0.2) is 0 Å². The summed E-state index contributed by atoms with van der Waals surface area (Å²) >= 11 is 0. The molecule has 0 bridgehead atoms. The summed E-state index contributed by atoms with van der Waals surface area (Å²) in [6.45, 7) is 4.41. The van der Waals surface area contributed by atoms with Gasteiger partial charge in [-0.3, -0.25) is 0 Å². The normalized spacial score (nSPS) is 10.2. The Balaban J connectivity index is 3.13. The second kappa shape index (κ2) is 4.27. The number of aliphatic hydroxyl groups is 1. The maximum atomic E-state index is 9.16. The predicted molar refractivity (Wildman–Crippen MR) is 51.1 cm³/mol. The molecule has 0 radical (unpaired) electrons. The van der Waals surface area contributed by atoms with Crippen LogP contribution in [0.2, 0.25) is 0 Å². The van der Waals surface area contributed by atoms with Gasteiger partial charge in [0, 0.05) is 0 Å². The van der Waals surface area contributed by atoms with E-state index in [0.29, 0.717) is 0 Å². The molecule has 1 aromatic carbocycles. The molecule has 1 heteroatoms. The second-order valence-corrected chi connectivity index (χ2v) is 2.92. The lowest BCUT2D eigenvalue weighted by molar-refractivity contribution is 0.279. The standard InChI is InChI=1S/C11H16O/c1-3-9-6-5-7-10(4-2)11(9)8-12/h5-7,12H,3-4,8H2,1-2H3. The Kier molecular flexibility index (Phi) is 3.30. The zero-order chi connectivity index (χ0) is 8.97. The summed E-state index contributed by atoms with van der Waals surface area (Å²) in [5.41, 5.74) is 3.68. The van der Waals surface area contributed by atoms with E-state index >= 15 is 0 Å². The smallest absolute Gasteiger partial charge is 0.0687 e. The van der Waals surface area contributed by atoms with Crippen LogP contribution in [-0.2, 0) is 19.4 Å². The lowest BCUT2D eigenvalue weighted by Gasteiger charge is -2.09. The molecule has 1 rings (SSSR count). The molecule has 0 amide bonds. The lowest BCUT2D eigenvalue weighted by atomic mass is 9.98. The average molecular weight is 164 g/mol. The Morgan fingerprint density at radius 2 is 1.58 bits per heavy atom. The van der Waals surface area contributed by atoms with Crippen LogP contribution >= 0.6 is 0 Å². The molecule has 0 aromatic heterocycles. The van der Waals surface area contributed by atoms with Gasteiger partial charge in [-0.05, 0) is 29.5 Å². The van der Waals surface area contributed by atoms with Crippen LogP contribution in [0.15, 0.2) is 18.2 Å². The van der Waals surface area contributed by atoms with Crippen molar-refractivity contribution in [2.24, 2.45) is 0 Å². The van der Waals surface area contributed by atoms with Crippen LogP contribution in [0.1, 0.15) is 30.5 Å². The third kappa shape index (κ3) is 1.67. The Morgan fingerprint density at radius 3 is 1.92 bits per heavy atom. The van der Waals surface area contributed by atoms with E-state index in [1.165, 1.54) is 11.1 Å². The van der Waals surface area contributed by atoms with Crippen LogP contribution in [0.3, 0.4) is 0 Å². The first kappa shape index (κ1) is 9.27. The number of hydrogen-bond donors (Lipinski definition) is 1. The van der Waals surface area contributed by atoms with E-state index in [1.807, 2.05) is 0 Å². The molecule has 0 heterocycles. The van der Waals surface area contributed by atoms with E-state index in [2.05, 4.69) is 32.0 Å². The molecule has 0 spiro atoms. The minimum absolute atomic E-state index is 0.174. The summed E-state index contributed by atoms with van der Waals surface area (Å²) in [6, 6.07) is 6.24. The van der Waals surface area contributed by atoms with E-state index in [-0.39, 0.29) is 6.61 Å². The maximum Gasteiger partial charge on any atom is 0.0687 e. The summed E-state index contributed by atoms with van der Waals surface area (Å²) in [5.74, 6) is 0. The molecular weight excluding hydrogens is 148 g/mol. The molecule has 0 unspecified atom stereocenters. The highest BCUT2D eigenvalue weighted by Crippen LogP contribution is 2.15. The molecule has 12 heavy (non-hydrogen) atoms. The fourth-order valence-electron chi connectivity index (χ4n) is 1.55. The number of aliphatic hydroxyl groups excluding tert-OH is 1. The van der Waals surface area contributed by atoms with Gasteiger partial charge in [0.2, 0.25) is 0 Å². The molecule has 0 aliphatic rings. The summed E-state index contributed by atoms with van der Waals surface area (Å²) in [5, 5.41) is 9.16. The molecule has 1 N–H and O–H groups in total. The molecule has 0 aliphatic heterocycles. The summed E-state index contributed by atoms with van der Waals surface area (Å²) in [6.07, 6.45) is 2.01. The summed E-state index contributed by atoms with van der Waals surface area (Å²) < 4.78 is 0. The van der Waals surface area contributed by atoms with Gasteiger partial charge in [-0.25, -0.2) is 0 Å². The fourth-order valence-corrected chi connectivity index (χ4v) is 1.55. The van der Waals surface area contributed by atoms with Gasteiger partial charge < -0.3 is 5.11 Å². The number of hydrogen-bond acceptors (Lipinski definition) is 1. The molecule has 0 saturated heterocycles. The van der Waals surface area contributed by atoms with E-state index < -0.39 is 0 Å². The predicted octanol–water partition coefficient (Wildman–Crippen LogP) is 2.30. The topological polar surface area (TPSA) is 20.2 Å². The Bertz CT molecular complexity index is 231. The van der Waals surface area contributed by atoms with Crippen molar-refractivity contribution in [2.75, 3.05) is 0 Å². The molecule has 1 nitrogen and oxygen atoms in total. The minimum atomic E-state index is 0.174. The zero-order valence-electron chi connectivity index (χ0n) is 7.80. The Hall–Kier alpha value is -0.820. The number of benzene rings is 1. The first-order valence-corrected chi connectivity index (χ1v) is 4.54. The van der Waals surface area contributed by atoms with Crippen LogP contribution in [0.4, 0.5) is 0 Å². The maximum absolute atomic E-state index is 9.16. The highest BCUT2D eigenvalue weighted by Gasteiger charge is 2.03. The van der Waals surface area contributed by atoms with Crippen LogP contribution in [0.25, 0.3) is 0 Å². The van der Waals surface area contributed by atoms with Gasteiger partial charge >= 0.3 is 0 Å². The van der Waals surface area contributed by atoms with Gasteiger partial charge in [0.05, 0.1) is 6.61 Å². The minimum Gasteiger partial charge on any atom is -0.392 e. The van der Waals surface area contributed by atoms with E-state index in [4.69, 9.17) is 5.11 Å². The lowest BCUT2D eigenvalue weighted by Crippen LogP contribution is -1.97. The first-order valence-electron chi connectivity index (χ1n) is 4.54. The molecular formula is C11H16O. The zero-order valence-corrected chi connectivity index (χ0v) is 7.80. The van der Waals surface area contributed by atoms with Crippen LogP contribution in [0, 0.1) is 0 Å². The second-order valence-electron chi connectivity index (χ2n) is 2.92. The molecule has 66 valence electrons. The van der Waals surface area contributed by atoms with Crippen molar-refractivity contribution in [2.45, 2.75) is 33.3 Å². The molecule has 0 aliphatic carbocycles. The van der Waals surface area contributed by atoms with E-state index in [0.717, 1.165) is 18.4 Å². The van der Waals surface area contributed by atoms with Gasteiger partial charge in [-0.2, -0.15) is 0 Å². The van der Waals surface area contributed by atoms with Gasteiger partial charge in [0.1, 0.15) is 0 Å². The van der Waals surface area contributed by atoms with Crippen LogP contribution < -0.4 is 0 Å². The highest BCUT2D eigenvalue weighted by molar-refractivity contribution is 5.34. The summed E-state index contributed by atoms with van der Waals surface area (Å²) in [7, 11) is 0. The van der Waals surface area contributed by atoms with Crippen LogP contribution in [0.5, 0.6) is 0 Å². The highest BCUT2D eigenvalue weighted by atomic mass is 16.3. The fraction of sp³-hybridized carbons (Fsp3) is 0.455. The SMILES string of the molecule is CCc1cccc(CC)c1CO. The third-order valence-electron chi connectivity index (χ3n) is 2.29. The monoisotopic (exact) mass is 164 g/mol. The molecule has 0 fully saturated rings. The molecule has 1 aromatic rings. The van der Waals surface area contributed by atoms with Crippen molar-refractivity contribution in [3.05, 3.63) is 34.9 Å². The van der Waals surface area contributed by atoms with Crippen molar-refractivity contribution in [3.8, 4) is 0 Å². The largest absolute Gasteiger partial charge is 0.392 e. The van der Waals surface area contributed by atoms with E-state index in [1.54, 1.807) is 0 Å². The van der Waals surface area contributed by atoms with Crippen LogP contribution in [-0.4, -0.2) is 5.11 Å². The molecule has 0 atom stereocenters. The van der Waals surface area contributed by atoms with E-state index in [9.17, 15) is 0 Å². The first-order chi connectivity index (χ1) is 5.83. The van der Waals surface area contributed by atoms with Gasteiger partial charge in [-0.1, -0.05) is 32.0 Å². The Labute approximate surface area is 74.1 Å². The van der Waals surface area contributed by atoms with Gasteiger partial charge in [0.25, 0.3) is 0 Å². The van der Waals surface area contributed by atoms with Crippen molar-refractivity contribution in [1.82, 2.24) is 0 Å². The van der Waals surface area contributed by atoms with Gasteiger partial charge in [-0.15, -0.1) is 0 Å². The van der Waals surface area contributed by atoms with Crippen molar-refractivity contribution in [1.29, 1.82) is 0 Å². The third-order valence-corrected chi connectivity index (χ3v) is 2.29. The molecule has 0 saturated carbocycles. The quantitative estimate of drug-likeness (QED) is 0.726. The summed E-state index contributed by atoms with van der Waals surface area (Å²) in [4.78, 5) is 0. The number of rotatable bonds is 3. The number of aryl methyl sites for hydroxylation is 2. The van der Waals surface area contributed by atoms with Crippen molar-refractivity contribution < 1.29 is 5.11 Å². The van der Waals surface area contributed by atoms with Crippen molar-refractivity contribution in [3.63, 3.8) is 0 Å².